The first-order valence-electron chi connectivity index (χ1n) is 9.78. The molecule has 0 radical (unpaired) electrons. The van der Waals surface area contributed by atoms with Gasteiger partial charge in [-0.3, -0.25) is 9.59 Å². The van der Waals surface area contributed by atoms with Crippen LogP contribution >= 0.6 is 23.2 Å². The Kier molecular flexibility index (Phi) is 5.13. The van der Waals surface area contributed by atoms with Crippen molar-refractivity contribution >= 4 is 57.0 Å². The van der Waals surface area contributed by atoms with E-state index >= 15 is 0 Å². The number of hydrogen-bond donors (Lipinski definition) is 2. The highest BCUT2D eigenvalue weighted by atomic mass is 35.5. The van der Waals surface area contributed by atoms with E-state index in [1.165, 1.54) is 6.08 Å². The molecule has 0 atom stereocenters. The van der Waals surface area contributed by atoms with Crippen molar-refractivity contribution in [3.8, 4) is 11.1 Å². The Balaban J connectivity index is 1.67. The van der Waals surface area contributed by atoms with E-state index < -0.39 is 11.3 Å². The summed E-state index contributed by atoms with van der Waals surface area (Å²) in [5, 5.41) is 1.72. The summed E-state index contributed by atoms with van der Waals surface area (Å²) in [5.74, 6) is 0.0754. The topological polar surface area (TPSA) is 78.6 Å². The predicted octanol–water partition coefficient (Wildman–Crippen LogP) is 6.27. The van der Waals surface area contributed by atoms with Gasteiger partial charge in [-0.25, -0.2) is 4.98 Å². The molecule has 5 nitrogen and oxygen atoms in total. The molecule has 0 saturated heterocycles. The molecule has 2 heterocycles. The molecule has 3 aromatic carbocycles. The minimum atomic E-state index is -0.482. The minimum Gasteiger partial charge on any atom is -0.338 e. The lowest BCUT2D eigenvalue weighted by molar-refractivity contribution is 0.104. The van der Waals surface area contributed by atoms with Crippen LogP contribution in [0.4, 0.5) is 0 Å². The summed E-state index contributed by atoms with van der Waals surface area (Å²) < 4.78 is 0. The number of nitrogens with one attached hydrogen (secondary N) is 2. The molecule has 0 bridgehead atoms. The number of nitrogens with zero attached hydrogens (tertiary/aromatic N) is 1. The largest absolute Gasteiger partial charge is 0.338 e. The van der Waals surface area contributed by atoms with Gasteiger partial charge >= 0.3 is 0 Å². The number of ketones is 1. The lowest BCUT2D eigenvalue weighted by atomic mass is 9.94. The van der Waals surface area contributed by atoms with E-state index in [1.54, 1.807) is 48.5 Å². The second-order valence-electron chi connectivity index (χ2n) is 7.24. The Hall–Kier alpha value is -3.67. The molecule has 32 heavy (non-hydrogen) atoms. The third kappa shape index (κ3) is 3.73. The van der Waals surface area contributed by atoms with Crippen LogP contribution in [0.1, 0.15) is 16.2 Å². The fraction of sp³-hybridized carbons (Fsp3) is 0. The molecule has 2 N–H and O–H groups in total. The molecule has 2 aromatic heterocycles. The van der Waals surface area contributed by atoms with Gasteiger partial charge in [0.2, 0.25) is 0 Å². The van der Waals surface area contributed by atoms with Crippen LogP contribution < -0.4 is 5.56 Å². The van der Waals surface area contributed by atoms with Gasteiger partial charge in [0.25, 0.3) is 5.56 Å². The number of benzene rings is 3. The van der Waals surface area contributed by atoms with Gasteiger partial charge in [0, 0.05) is 26.5 Å². The van der Waals surface area contributed by atoms with E-state index in [-0.39, 0.29) is 5.56 Å². The molecule has 0 aliphatic rings. The van der Waals surface area contributed by atoms with Crippen molar-refractivity contribution in [1.82, 2.24) is 15.0 Å². The van der Waals surface area contributed by atoms with Gasteiger partial charge in [-0.1, -0.05) is 47.5 Å². The number of rotatable bonds is 4. The summed E-state index contributed by atoms with van der Waals surface area (Å²) in [5.41, 5.74) is 2.97. The molecular formula is C25H15Cl2N3O2. The summed E-state index contributed by atoms with van der Waals surface area (Å²) in [6.07, 6.45) is 2.91. The number of allylic oxidation sites excluding steroid dienone is 1. The number of para-hydroxylation sites is 2. The van der Waals surface area contributed by atoms with Crippen molar-refractivity contribution in [2.75, 3.05) is 0 Å². The van der Waals surface area contributed by atoms with E-state index in [1.807, 2.05) is 24.3 Å². The molecule has 0 unspecified atom stereocenters. The lowest BCUT2D eigenvalue weighted by Gasteiger charge is -2.12. The number of H-pyrrole nitrogens is 2. The fourth-order valence-electron chi connectivity index (χ4n) is 3.71. The van der Waals surface area contributed by atoms with Crippen molar-refractivity contribution in [2.45, 2.75) is 0 Å². The first kappa shape index (κ1) is 20.2. The number of carbonyl (C=O) groups excluding carboxylic acids is 1. The highest BCUT2D eigenvalue weighted by Gasteiger charge is 2.19. The first-order valence-corrected chi connectivity index (χ1v) is 10.5. The van der Waals surface area contributed by atoms with E-state index in [9.17, 15) is 9.59 Å². The van der Waals surface area contributed by atoms with Gasteiger partial charge in [0.15, 0.2) is 5.78 Å². The van der Waals surface area contributed by atoms with Crippen LogP contribution in [0.25, 0.3) is 39.1 Å². The zero-order valence-corrected chi connectivity index (χ0v) is 18.0. The maximum Gasteiger partial charge on any atom is 0.260 e. The Morgan fingerprint density at radius 2 is 1.62 bits per heavy atom. The van der Waals surface area contributed by atoms with Crippen LogP contribution in [-0.4, -0.2) is 20.7 Å². The molecule has 5 rings (SSSR count). The molecule has 7 heteroatoms. The quantitative estimate of drug-likeness (QED) is 0.245. The first-order chi connectivity index (χ1) is 15.5. The predicted molar refractivity (Wildman–Crippen MR) is 129 cm³/mol. The zero-order chi connectivity index (χ0) is 22.2. The Bertz CT molecular complexity index is 1550. The van der Waals surface area contributed by atoms with Crippen molar-refractivity contribution in [1.29, 1.82) is 0 Å². The standard InChI is InChI=1S/C25H15Cl2N3O2/c26-15-7-5-14(6-8-15)23-17-13-16(27)9-10-18(17)30-25(32)24(23)21(31)11-12-22-28-19-3-1-2-4-20(19)29-22/h1-13H,(H,28,29)(H,30,32)/b12-11+. The van der Waals surface area contributed by atoms with E-state index in [4.69, 9.17) is 23.2 Å². The number of carbonyl (C=O) groups is 1. The van der Waals surface area contributed by atoms with E-state index in [0.29, 0.717) is 37.9 Å². The second kappa shape index (κ2) is 8.11. The minimum absolute atomic E-state index is 0.0226. The third-order valence-corrected chi connectivity index (χ3v) is 5.64. The van der Waals surface area contributed by atoms with Gasteiger partial charge in [-0.05, 0) is 60.2 Å². The normalized spacial score (nSPS) is 11.6. The molecule has 5 aromatic rings. The van der Waals surface area contributed by atoms with Gasteiger partial charge < -0.3 is 9.97 Å². The van der Waals surface area contributed by atoms with Crippen LogP contribution in [0.3, 0.4) is 0 Å². The Labute approximate surface area is 192 Å². The van der Waals surface area contributed by atoms with Crippen molar-refractivity contribution in [3.63, 3.8) is 0 Å². The highest BCUT2D eigenvalue weighted by Crippen LogP contribution is 2.32. The van der Waals surface area contributed by atoms with Crippen LogP contribution in [0.2, 0.25) is 10.0 Å². The molecule has 0 amide bonds. The maximum absolute atomic E-state index is 13.2. The Morgan fingerprint density at radius 3 is 2.41 bits per heavy atom. The summed E-state index contributed by atoms with van der Waals surface area (Å²) in [7, 11) is 0. The van der Waals surface area contributed by atoms with Gasteiger partial charge in [0.05, 0.1) is 16.6 Å². The second-order valence-corrected chi connectivity index (χ2v) is 8.11. The number of imidazole rings is 1. The van der Waals surface area contributed by atoms with E-state index in [2.05, 4.69) is 15.0 Å². The summed E-state index contributed by atoms with van der Waals surface area (Å²) >= 11 is 12.3. The van der Waals surface area contributed by atoms with Crippen LogP contribution in [-0.2, 0) is 0 Å². The average molecular weight is 460 g/mol. The summed E-state index contributed by atoms with van der Waals surface area (Å²) in [6, 6.07) is 19.7. The summed E-state index contributed by atoms with van der Waals surface area (Å²) in [6.45, 7) is 0. The molecular weight excluding hydrogens is 445 g/mol. The van der Waals surface area contributed by atoms with Gasteiger partial charge in [-0.2, -0.15) is 0 Å². The highest BCUT2D eigenvalue weighted by molar-refractivity contribution is 6.32. The number of pyridine rings is 1. The summed E-state index contributed by atoms with van der Waals surface area (Å²) in [4.78, 5) is 36.6. The molecule has 0 aliphatic heterocycles. The average Bonchev–Trinajstić information content (AvgIpc) is 3.21. The number of fused-ring (bicyclic) bond motifs is 2. The van der Waals surface area contributed by atoms with Crippen LogP contribution in [0, 0.1) is 0 Å². The van der Waals surface area contributed by atoms with Crippen LogP contribution in [0.15, 0.2) is 77.6 Å². The molecule has 0 saturated carbocycles. The van der Waals surface area contributed by atoms with Crippen LogP contribution in [0.5, 0.6) is 0 Å². The zero-order valence-electron chi connectivity index (χ0n) is 16.5. The van der Waals surface area contributed by atoms with Crippen molar-refractivity contribution in [3.05, 3.63) is 105 Å². The van der Waals surface area contributed by atoms with Gasteiger partial charge in [0.1, 0.15) is 5.82 Å². The number of hydrogen-bond acceptors (Lipinski definition) is 3. The monoisotopic (exact) mass is 459 g/mol. The molecule has 0 aliphatic carbocycles. The van der Waals surface area contributed by atoms with Crippen molar-refractivity contribution < 1.29 is 4.79 Å². The molecule has 156 valence electrons. The number of aromatic amines is 2. The maximum atomic E-state index is 13.2. The molecule has 0 fully saturated rings. The number of halogens is 2. The number of aromatic nitrogens is 3. The van der Waals surface area contributed by atoms with E-state index in [0.717, 1.165) is 11.0 Å². The lowest BCUT2D eigenvalue weighted by Crippen LogP contribution is -2.18. The SMILES string of the molecule is O=C(/C=C/c1nc2ccccc2[nH]1)c1c(-c2ccc(Cl)cc2)c2cc(Cl)ccc2[nH]c1=O. The Morgan fingerprint density at radius 1 is 0.875 bits per heavy atom. The van der Waals surface area contributed by atoms with Gasteiger partial charge in [-0.15, -0.1) is 0 Å². The molecule has 0 spiro atoms. The third-order valence-electron chi connectivity index (χ3n) is 5.16. The van der Waals surface area contributed by atoms with Crippen molar-refractivity contribution in [2.24, 2.45) is 0 Å². The fourth-order valence-corrected chi connectivity index (χ4v) is 4.00. The smallest absolute Gasteiger partial charge is 0.260 e.